The first-order valence-corrected chi connectivity index (χ1v) is 21.0. The minimum Gasteiger partial charge on any atom is -0.466 e. The molecule has 0 amide bonds. The largest absolute Gasteiger partial charge is 0.466 e. The predicted octanol–water partition coefficient (Wildman–Crippen LogP) is 14.2. The lowest BCUT2D eigenvalue weighted by Crippen LogP contribution is -2.18. The Labute approximate surface area is 288 Å². The highest BCUT2D eigenvalue weighted by Crippen LogP contribution is 2.19. The molecule has 0 aliphatic heterocycles. The van der Waals surface area contributed by atoms with Crippen LogP contribution >= 0.6 is 0 Å². The molecule has 274 valence electrons. The summed E-state index contributed by atoms with van der Waals surface area (Å²) in [5, 5.41) is 0. The number of carbonyl (C=O) groups excluding carboxylic acids is 2. The van der Waals surface area contributed by atoms with E-state index in [4.69, 9.17) is 9.47 Å². The number of hydrogen-bond donors (Lipinski definition) is 0. The lowest BCUT2D eigenvalue weighted by Gasteiger charge is -2.18. The van der Waals surface area contributed by atoms with Gasteiger partial charge in [-0.15, -0.1) is 0 Å². The number of esters is 2. The van der Waals surface area contributed by atoms with Gasteiger partial charge >= 0.3 is 11.9 Å². The molecule has 0 aromatic carbocycles. The van der Waals surface area contributed by atoms with Gasteiger partial charge in [0.05, 0.1) is 6.61 Å². The third-order valence-corrected chi connectivity index (χ3v) is 9.58. The Morgan fingerprint density at radius 1 is 0.370 bits per heavy atom. The Hall–Kier alpha value is -1.06. The smallest absolute Gasteiger partial charge is 0.306 e. The minimum absolute atomic E-state index is 0.00711. The maximum atomic E-state index is 12.6. The van der Waals surface area contributed by atoms with Gasteiger partial charge in [-0.2, -0.15) is 0 Å². The molecule has 0 aliphatic carbocycles. The van der Waals surface area contributed by atoms with E-state index in [9.17, 15) is 9.59 Å². The van der Waals surface area contributed by atoms with Crippen molar-refractivity contribution >= 4 is 11.9 Å². The van der Waals surface area contributed by atoms with Crippen LogP contribution in [0.1, 0.15) is 245 Å². The van der Waals surface area contributed by atoms with Gasteiger partial charge in [0.25, 0.3) is 0 Å². The molecule has 0 aromatic rings. The van der Waals surface area contributed by atoms with Crippen molar-refractivity contribution in [1.29, 1.82) is 0 Å². The first-order chi connectivity index (χ1) is 22.6. The lowest BCUT2D eigenvalue weighted by atomic mass is 10.0. The van der Waals surface area contributed by atoms with Crippen molar-refractivity contribution in [2.24, 2.45) is 0 Å². The van der Waals surface area contributed by atoms with Gasteiger partial charge in [-0.05, 0) is 44.9 Å². The monoisotopic (exact) mass is 651 g/mol. The summed E-state index contributed by atoms with van der Waals surface area (Å²) in [5.41, 5.74) is 0. The van der Waals surface area contributed by atoms with Crippen molar-refractivity contribution in [1.82, 2.24) is 0 Å². The number of carbonyl (C=O) groups is 2. The molecule has 0 fully saturated rings. The van der Waals surface area contributed by atoms with Crippen molar-refractivity contribution in [3.63, 3.8) is 0 Å². The second-order valence-corrected chi connectivity index (χ2v) is 14.3. The van der Waals surface area contributed by atoms with Crippen LogP contribution in [0.25, 0.3) is 0 Å². The van der Waals surface area contributed by atoms with Gasteiger partial charge in [-0.3, -0.25) is 9.59 Å². The number of unbranched alkanes of at least 4 members (excludes halogenated alkanes) is 27. The van der Waals surface area contributed by atoms with Crippen LogP contribution in [0.5, 0.6) is 0 Å². The average Bonchev–Trinajstić information content (AvgIpc) is 3.05. The molecule has 0 rings (SSSR count). The van der Waals surface area contributed by atoms with E-state index in [1.54, 1.807) is 0 Å². The fourth-order valence-corrected chi connectivity index (χ4v) is 6.44. The Balaban J connectivity index is 3.87. The summed E-state index contributed by atoms with van der Waals surface area (Å²) in [4.78, 5) is 24.6. The van der Waals surface area contributed by atoms with Crippen LogP contribution in [0.15, 0.2) is 0 Å². The van der Waals surface area contributed by atoms with Crippen molar-refractivity contribution in [2.45, 2.75) is 252 Å². The maximum Gasteiger partial charge on any atom is 0.306 e. The van der Waals surface area contributed by atoms with E-state index in [0.717, 1.165) is 57.8 Å². The van der Waals surface area contributed by atoms with Gasteiger partial charge in [0, 0.05) is 12.8 Å². The molecule has 0 radical (unpaired) electrons. The van der Waals surface area contributed by atoms with Gasteiger partial charge in [0.15, 0.2) is 0 Å². The van der Waals surface area contributed by atoms with Gasteiger partial charge < -0.3 is 9.47 Å². The van der Waals surface area contributed by atoms with Gasteiger partial charge in [0.1, 0.15) is 6.10 Å². The first-order valence-electron chi connectivity index (χ1n) is 21.0. The topological polar surface area (TPSA) is 52.6 Å². The van der Waals surface area contributed by atoms with Crippen molar-refractivity contribution in [3.8, 4) is 0 Å². The Bertz CT molecular complexity index is 619. The summed E-state index contributed by atoms with van der Waals surface area (Å²) < 4.78 is 11.5. The molecule has 4 nitrogen and oxygen atoms in total. The molecule has 0 aliphatic rings. The summed E-state index contributed by atoms with van der Waals surface area (Å²) in [6.45, 7) is 7.37. The molecule has 1 unspecified atom stereocenters. The van der Waals surface area contributed by atoms with Crippen LogP contribution in [0.2, 0.25) is 0 Å². The van der Waals surface area contributed by atoms with Gasteiger partial charge in [0.2, 0.25) is 0 Å². The maximum absolute atomic E-state index is 12.6. The highest BCUT2D eigenvalue weighted by molar-refractivity contribution is 5.69. The molecule has 1 atom stereocenters. The first kappa shape index (κ1) is 44.9. The minimum atomic E-state index is -0.00711. The molecule has 0 saturated carbocycles. The molecule has 0 spiro atoms. The summed E-state index contributed by atoms with van der Waals surface area (Å²) in [6, 6.07) is 0. The fourth-order valence-electron chi connectivity index (χ4n) is 6.44. The van der Waals surface area contributed by atoms with Crippen LogP contribution in [0.3, 0.4) is 0 Å². The molecule has 0 saturated heterocycles. The predicted molar refractivity (Wildman–Crippen MR) is 199 cm³/mol. The Morgan fingerprint density at radius 2 is 0.674 bits per heavy atom. The van der Waals surface area contributed by atoms with Crippen LogP contribution in [0, 0.1) is 0 Å². The number of ether oxygens (including phenoxy) is 2. The average molecular weight is 651 g/mol. The third kappa shape index (κ3) is 35.8. The molecular weight excluding hydrogens is 568 g/mol. The summed E-state index contributed by atoms with van der Waals surface area (Å²) in [6.07, 6.45) is 42.2. The van der Waals surface area contributed by atoms with Crippen LogP contribution in [-0.4, -0.2) is 24.6 Å². The molecule has 0 N–H and O–H groups in total. The molecule has 0 bridgehead atoms. The molecular formula is C42H82O4. The molecule has 0 aromatic heterocycles. The summed E-state index contributed by atoms with van der Waals surface area (Å²) >= 11 is 0. The van der Waals surface area contributed by atoms with E-state index < -0.39 is 0 Å². The second kappa shape index (κ2) is 38.4. The van der Waals surface area contributed by atoms with E-state index in [1.165, 1.54) is 154 Å². The summed E-state index contributed by atoms with van der Waals surface area (Å²) in [5.74, 6) is 0.0279. The zero-order chi connectivity index (χ0) is 33.6. The van der Waals surface area contributed by atoms with Crippen LogP contribution < -0.4 is 0 Å². The Morgan fingerprint density at radius 3 is 1.07 bits per heavy atom. The standard InChI is InChI=1S/C42H82O4/c1-4-7-10-13-16-18-22-27-32-37-41(43)45-39-34-29-24-20-21-26-31-36-40(35-30-25-15-12-9-6-3)46-42(44)38-33-28-23-19-17-14-11-8-5-2/h40H,4-39H2,1-3H3. The highest BCUT2D eigenvalue weighted by Gasteiger charge is 2.14. The van der Waals surface area contributed by atoms with E-state index in [0.29, 0.717) is 19.4 Å². The Kier molecular flexibility index (Phi) is 37.5. The highest BCUT2D eigenvalue weighted by atomic mass is 16.5. The molecule has 4 heteroatoms. The lowest BCUT2D eigenvalue weighted by molar-refractivity contribution is -0.150. The van der Waals surface area contributed by atoms with Crippen molar-refractivity contribution < 1.29 is 19.1 Å². The van der Waals surface area contributed by atoms with E-state index >= 15 is 0 Å². The van der Waals surface area contributed by atoms with E-state index in [1.807, 2.05) is 0 Å². The van der Waals surface area contributed by atoms with Crippen molar-refractivity contribution in [3.05, 3.63) is 0 Å². The fraction of sp³-hybridized carbons (Fsp3) is 0.952. The summed E-state index contributed by atoms with van der Waals surface area (Å²) in [7, 11) is 0. The normalized spacial score (nSPS) is 12.0. The van der Waals surface area contributed by atoms with Crippen molar-refractivity contribution in [2.75, 3.05) is 6.61 Å². The number of rotatable bonds is 38. The third-order valence-electron chi connectivity index (χ3n) is 9.58. The van der Waals surface area contributed by atoms with E-state index in [-0.39, 0.29) is 18.0 Å². The van der Waals surface area contributed by atoms with Gasteiger partial charge in [-0.1, -0.05) is 188 Å². The zero-order valence-electron chi connectivity index (χ0n) is 31.7. The molecule has 46 heavy (non-hydrogen) atoms. The van der Waals surface area contributed by atoms with Crippen LogP contribution in [0.4, 0.5) is 0 Å². The number of hydrogen-bond acceptors (Lipinski definition) is 4. The molecule has 0 heterocycles. The van der Waals surface area contributed by atoms with E-state index in [2.05, 4.69) is 20.8 Å². The van der Waals surface area contributed by atoms with Gasteiger partial charge in [-0.25, -0.2) is 0 Å². The second-order valence-electron chi connectivity index (χ2n) is 14.3. The SMILES string of the molecule is CCCCCCCCCCCC(=O)OCCCCCCCCCC(CCCCCCCC)OC(=O)CCCCCCCCCCC. The quantitative estimate of drug-likeness (QED) is 0.0493. The van der Waals surface area contributed by atoms with Crippen LogP contribution in [-0.2, 0) is 19.1 Å². The zero-order valence-corrected chi connectivity index (χ0v) is 31.7.